The van der Waals surface area contributed by atoms with Gasteiger partial charge in [-0.1, -0.05) is 133 Å². The SMILES string of the molecule is c1ccc2cc(-c3c4ccccc4c(-c4ccc5c(c4)-c4c(ccc6ccccc46)C5)c4ccccc34)ccc2c1. The summed E-state index contributed by atoms with van der Waals surface area (Å²) < 4.78 is 0. The molecule has 8 aromatic carbocycles. The summed E-state index contributed by atoms with van der Waals surface area (Å²) >= 11 is 0. The van der Waals surface area contributed by atoms with E-state index in [1.165, 1.54) is 87.6 Å². The van der Waals surface area contributed by atoms with Crippen LogP contribution in [0.2, 0.25) is 0 Å². The molecule has 0 aromatic heterocycles. The topological polar surface area (TPSA) is 0 Å². The van der Waals surface area contributed by atoms with Crippen molar-refractivity contribution in [3.63, 3.8) is 0 Å². The first-order chi connectivity index (χ1) is 20.3. The number of benzene rings is 8. The molecule has 0 nitrogen and oxygen atoms in total. The Bertz CT molecular complexity index is 2280. The molecule has 0 heterocycles. The maximum Gasteiger partial charge on any atom is -0.00132 e. The molecule has 1 aliphatic rings. The van der Waals surface area contributed by atoms with E-state index in [2.05, 4.69) is 146 Å². The fourth-order valence-corrected chi connectivity index (χ4v) is 7.20. The Morgan fingerprint density at radius 1 is 0.317 bits per heavy atom. The second-order valence-corrected chi connectivity index (χ2v) is 11.3. The van der Waals surface area contributed by atoms with E-state index in [0.29, 0.717) is 0 Å². The zero-order chi connectivity index (χ0) is 26.9. The lowest BCUT2D eigenvalue weighted by molar-refractivity contribution is 1.27. The molecule has 0 aliphatic heterocycles. The molecule has 0 unspecified atom stereocenters. The van der Waals surface area contributed by atoms with Crippen LogP contribution in [0.25, 0.3) is 76.5 Å². The van der Waals surface area contributed by atoms with Crippen molar-refractivity contribution >= 4 is 43.1 Å². The van der Waals surface area contributed by atoms with Crippen molar-refractivity contribution in [2.45, 2.75) is 6.42 Å². The third-order valence-corrected chi connectivity index (χ3v) is 9.03. The number of rotatable bonds is 2. The second-order valence-electron chi connectivity index (χ2n) is 11.3. The molecule has 0 fully saturated rings. The van der Waals surface area contributed by atoms with E-state index in [-0.39, 0.29) is 0 Å². The van der Waals surface area contributed by atoms with Crippen LogP contribution in [0, 0.1) is 0 Å². The largest absolute Gasteiger partial charge is 0.0616 e. The molecule has 0 atom stereocenters. The van der Waals surface area contributed by atoms with Crippen LogP contribution in [-0.4, -0.2) is 0 Å². The van der Waals surface area contributed by atoms with Gasteiger partial charge in [-0.25, -0.2) is 0 Å². The highest BCUT2D eigenvalue weighted by Gasteiger charge is 2.23. The summed E-state index contributed by atoms with van der Waals surface area (Å²) in [6.07, 6.45) is 0.998. The number of hydrogen-bond donors (Lipinski definition) is 0. The van der Waals surface area contributed by atoms with Crippen molar-refractivity contribution in [3.8, 4) is 33.4 Å². The molecule has 0 saturated carbocycles. The monoisotopic (exact) mass is 518 g/mol. The van der Waals surface area contributed by atoms with E-state index in [1.807, 2.05) is 0 Å². The van der Waals surface area contributed by atoms with Crippen LogP contribution in [0.4, 0.5) is 0 Å². The van der Waals surface area contributed by atoms with Gasteiger partial charge in [0.25, 0.3) is 0 Å². The van der Waals surface area contributed by atoms with Crippen LogP contribution in [0.15, 0.2) is 146 Å². The molecule has 0 heteroatoms. The molecule has 0 saturated heterocycles. The molecule has 0 N–H and O–H groups in total. The van der Waals surface area contributed by atoms with Gasteiger partial charge in [-0.3, -0.25) is 0 Å². The van der Waals surface area contributed by atoms with Crippen molar-refractivity contribution in [2.24, 2.45) is 0 Å². The molecular weight excluding hydrogens is 492 g/mol. The Labute approximate surface area is 239 Å². The Morgan fingerprint density at radius 3 is 1.49 bits per heavy atom. The van der Waals surface area contributed by atoms with E-state index < -0.39 is 0 Å². The molecule has 9 rings (SSSR count). The quantitative estimate of drug-likeness (QED) is 0.200. The minimum Gasteiger partial charge on any atom is -0.0616 e. The number of hydrogen-bond acceptors (Lipinski definition) is 0. The van der Waals surface area contributed by atoms with Crippen LogP contribution in [0.1, 0.15) is 11.1 Å². The fraction of sp³-hybridized carbons (Fsp3) is 0.0244. The smallest absolute Gasteiger partial charge is 0.00132 e. The predicted octanol–water partition coefficient (Wildman–Crippen LogP) is 11.2. The first-order valence-electron chi connectivity index (χ1n) is 14.4. The first kappa shape index (κ1) is 22.6. The Kier molecular flexibility index (Phi) is 4.77. The lowest BCUT2D eigenvalue weighted by Crippen LogP contribution is -1.91. The molecule has 0 bridgehead atoms. The normalized spacial score (nSPS) is 12.3. The van der Waals surface area contributed by atoms with Gasteiger partial charge in [-0.15, -0.1) is 0 Å². The van der Waals surface area contributed by atoms with Crippen molar-refractivity contribution in [3.05, 3.63) is 157 Å². The van der Waals surface area contributed by atoms with E-state index >= 15 is 0 Å². The summed E-state index contributed by atoms with van der Waals surface area (Å²) in [7, 11) is 0. The molecule has 0 radical (unpaired) electrons. The molecular formula is C41H26. The average Bonchev–Trinajstić information content (AvgIpc) is 3.42. The molecule has 41 heavy (non-hydrogen) atoms. The molecule has 1 aliphatic carbocycles. The van der Waals surface area contributed by atoms with Gasteiger partial charge >= 0.3 is 0 Å². The average molecular weight is 519 g/mol. The summed E-state index contributed by atoms with van der Waals surface area (Å²) in [5.41, 5.74) is 10.8. The van der Waals surface area contributed by atoms with E-state index in [0.717, 1.165) is 6.42 Å². The molecule has 0 amide bonds. The van der Waals surface area contributed by atoms with Gasteiger partial charge in [0.15, 0.2) is 0 Å². The Balaban J connectivity index is 1.35. The summed E-state index contributed by atoms with van der Waals surface area (Å²) in [6, 6.07) is 54.0. The lowest BCUT2D eigenvalue weighted by Gasteiger charge is -2.18. The van der Waals surface area contributed by atoms with Crippen molar-refractivity contribution in [1.29, 1.82) is 0 Å². The van der Waals surface area contributed by atoms with Crippen molar-refractivity contribution in [1.82, 2.24) is 0 Å². The van der Waals surface area contributed by atoms with E-state index in [9.17, 15) is 0 Å². The van der Waals surface area contributed by atoms with Crippen LogP contribution >= 0.6 is 0 Å². The molecule has 8 aromatic rings. The Morgan fingerprint density at radius 2 is 0.805 bits per heavy atom. The Hall–Kier alpha value is -5.20. The first-order valence-corrected chi connectivity index (χ1v) is 14.4. The highest BCUT2D eigenvalue weighted by atomic mass is 14.3. The standard InChI is InChI=1S/C41H26/c1-2-11-28-23-30(20-17-26(28)9-1)40-34-13-5-7-15-36(34)41(37-16-8-6-14-35(37)40)32-22-19-29-24-31-21-18-27-10-3-4-12-33(27)39(31)38(29)25-32/h1-23,25H,24H2. The zero-order valence-electron chi connectivity index (χ0n) is 22.6. The van der Waals surface area contributed by atoms with Crippen LogP contribution < -0.4 is 0 Å². The van der Waals surface area contributed by atoms with Crippen molar-refractivity contribution in [2.75, 3.05) is 0 Å². The van der Waals surface area contributed by atoms with Crippen LogP contribution in [0.5, 0.6) is 0 Å². The fourth-order valence-electron chi connectivity index (χ4n) is 7.20. The summed E-state index contributed by atoms with van der Waals surface area (Å²) in [5.74, 6) is 0. The van der Waals surface area contributed by atoms with Gasteiger partial charge in [0.05, 0.1) is 0 Å². The summed E-state index contributed by atoms with van der Waals surface area (Å²) in [4.78, 5) is 0. The van der Waals surface area contributed by atoms with Crippen LogP contribution in [-0.2, 0) is 6.42 Å². The lowest BCUT2D eigenvalue weighted by atomic mass is 9.85. The maximum atomic E-state index is 2.46. The second kappa shape index (κ2) is 8.65. The van der Waals surface area contributed by atoms with E-state index in [1.54, 1.807) is 0 Å². The number of fused-ring (bicyclic) bond motifs is 8. The van der Waals surface area contributed by atoms with Crippen molar-refractivity contribution < 1.29 is 0 Å². The van der Waals surface area contributed by atoms with Gasteiger partial charge in [0, 0.05) is 0 Å². The minimum absolute atomic E-state index is 0.998. The molecule has 0 spiro atoms. The third kappa shape index (κ3) is 3.34. The van der Waals surface area contributed by atoms with Gasteiger partial charge < -0.3 is 0 Å². The van der Waals surface area contributed by atoms with Gasteiger partial charge in [-0.2, -0.15) is 0 Å². The predicted molar refractivity (Wildman–Crippen MR) is 176 cm³/mol. The highest BCUT2D eigenvalue weighted by molar-refractivity contribution is 6.22. The summed E-state index contributed by atoms with van der Waals surface area (Å²) in [5, 5.41) is 10.4. The maximum absolute atomic E-state index is 2.46. The zero-order valence-corrected chi connectivity index (χ0v) is 22.6. The summed E-state index contributed by atoms with van der Waals surface area (Å²) in [6.45, 7) is 0. The van der Waals surface area contributed by atoms with Gasteiger partial charge in [0.2, 0.25) is 0 Å². The molecule has 190 valence electrons. The van der Waals surface area contributed by atoms with Crippen LogP contribution in [0.3, 0.4) is 0 Å². The van der Waals surface area contributed by atoms with Gasteiger partial charge in [0.1, 0.15) is 0 Å². The van der Waals surface area contributed by atoms with E-state index in [4.69, 9.17) is 0 Å². The van der Waals surface area contributed by atoms with Gasteiger partial charge in [-0.05, 0) is 106 Å². The minimum atomic E-state index is 0.998. The third-order valence-electron chi connectivity index (χ3n) is 9.03. The highest BCUT2D eigenvalue weighted by Crippen LogP contribution is 2.47.